The van der Waals surface area contributed by atoms with Gasteiger partial charge < -0.3 is 20.8 Å². The summed E-state index contributed by atoms with van der Waals surface area (Å²) in [4.78, 5) is 22.3. The molecule has 0 atom stereocenters. The third-order valence-corrected chi connectivity index (χ3v) is 3.31. The minimum atomic E-state index is 0. The van der Waals surface area contributed by atoms with Gasteiger partial charge in [0.25, 0.3) is 0 Å². The van der Waals surface area contributed by atoms with Crippen molar-refractivity contribution in [2.45, 2.75) is 12.8 Å². The molecule has 0 spiro atoms. The molecule has 0 saturated heterocycles. The summed E-state index contributed by atoms with van der Waals surface area (Å²) >= 11 is 0. The second-order valence-electron chi connectivity index (χ2n) is 5.43. The van der Waals surface area contributed by atoms with Gasteiger partial charge in [-0.25, -0.2) is 0 Å². The van der Waals surface area contributed by atoms with E-state index in [2.05, 4.69) is 10.6 Å². The third-order valence-electron chi connectivity index (χ3n) is 3.31. The summed E-state index contributed by atoms with van der Waals surface area (Å²) < 4.78 is 0. The largest absolute Gasteiger partial charge is 0.396 e. The average molecular weight is 422 g/mol. The van der Waals surface area contributed by atoms with Crippen LogP contribution in [0.4, 0.5) is 0 Å². The number of hydrogen-bond acceptors (Lipinski definition) is 6. The van der Waals surface area contributed by atoms with Crippen LogP contribution in [0.2, 0.25) is 0 Å². The summed E-state index contributed by atoms with van der Waals surface area (Å²) in [5.41, 5.74) is 1.31. The molecular formula is C20H26CuN2O4. The Bertz CT molecular complexity index is 590. The molecule has 7 heteroatoms. The molecule has 0 aromatic rings. The molecule has 0 heterocycles. The van der Waals surface area contributed by atoms with E-state index in [0.29, 0.717) is 37.1 Å². The zero-order valence-corrected chi connectivity index (χ0v) is 16.0. The van der Waals surface area contributed by atoms with E-state index in [0.717, 1.165) is 0 Å². The molecule has 0 amide bonds. The molecule has 0 aromatic carbocycles. The van der Waals surface area contributed by atoms with E-state index >= 15 is 0 Å². The van der Waals surface area contributed by atoms with Crippen LogP contribution >= 0.6 is 0 Å². The predicted octanol–water partition coefficient (Wildman–Crippen LogP) is 1.07. The summed E-state index contributed by atoms with van der Waals surface area (Å²) in [5.74, 6) is 0.0259. The first kappa shape index (κ1) is 24.8. The summed E-state index contributed by atoms with van der Waals surface area (Å²) in [6, 6.07) is 0. The number of hydrogen-bond donors (Lipinski definition) is 4. The Morgan fingerprint density at radius 2 is 1.07 bits per heavy atom. The van der Waals surface area contributed by atoms with Crippen LogP contribution in [-0.2, 0) is 26.7 Å². The molecule has 0 fully saturated rings. The SMILES string of the molecule is O=C1C=CC=C/C1=C/NCCCO.O=C1C=CC=C/C1=C/NCCCO.[Cu]. The van der Waals surface area contributed by atoms with Crippen LogP contribution < -0.4 is 10.6 Å². The van der Waals surface area contributed by atoms with E-state index in [1.54, 1.807) is 36.7 Å². The van der Waals surface area contributed by atoms with Gasteiger partial charge in [0.2, 0.25) is 0 Å². The van der Waals surface area contributed by atoms with Gasteiger partial charge in [-0.3, -0.25) is 9.59 Å². The first-order valence-electron chi connectivity index (χ1n) is 8.56. The number of nitrogens with one attached hydrogen (secondary N) is 2. The van der Waals surface area contributed by atoms with Gasteiger partial charge in [-0.15, -0.1) is 0 Å². The van der Waals surface area contributed by atoms with Crippen molar-refractivity contribution in [3.63, 3.8) is 0 Å². The van der Waals surface area contributed by atoms with E-state index in [9.17, 15) is 9.59 Å². The fraction of sp³-hybridized carbons (Fsp3) is 0.300. The van der Waals surface area contributed by atoms with Gasteiger partial charge in [-0.05, 0) is 37.1 Å². The van der Waals surface area contributed by atoms with Crippen LogP contribution in [0.25, 0.3) is 0 Å². The standard InChI is InChI=1S/2C10H13NO2.Cu/c2*12-7-3-6-11-8-9-4-1-2-5-10(9)13;/h2*1-2,4-5,8,11-12H,3,6-7H2;/b2*9-8-;. The van der Waals surface area contributed by atoms with Gasteiger partial charge in [0.1, 0.15) is 0 Å². The van der Waals surface area contributed by atoms with Crippen LogP contribution in [0.3, 0.4) is 0 Å². The summed E-state index contributed by atoms with van der Waals surface area (Å²) in [6.07, 6.45) is 18.4. The Morgan fingerprint density at radius 3 is 1.41 bits per heavy atom. The Morgan fingerprint density at radius 1 is 0.704 bits per heavy atom. The second-order valence-corrected chi connectivity index (χ2v) is 5.43. The van der Waals surface area contributed by atoms with E-state index in [1.165, 1.54) is 12.2 Å². The average Bonchev–Trinajstić information content (AvgIpc) is 2.66. The van der Waals surface area contributed by atoms with Crippen molar-refractivity contribution in [3.8, 4) is 0 Å². The Kier molecular flexibility index (Phi) is 14.7. The molecule has 6 nitrogen and oxygen atoms in total. The zero-order chi connectivity index (χ0) is 19.0. The molecule has 0 bridgehead atoms. The number of carbonyl (C=O) groups is 2. The van der Waals surface area contributed by atoms with Crippen molar-refractivity contribution in [2.24, 2.45) is 0 Å². The second kappa shape index (κ2) is 16.0. The molecule has 0 aliphatic heterocycles. The van der Waals surface area contributed by atoms with Crippen molar-refractivity contribution in [3.05, 3.63) is 72.2 Å². The van der Waals surface area contributed by atoms with E-state index in [1.807, 2.05) is 12.2 Å². The number of allylic oxidation sites excluding steroid dienone is 10. The van der Waals surface area contributed by atoms with Gasteiger partial charge in [0, 0.05) is 66.9 Å². The molecule has 1 radical (unpaired) electrons. The molecule has 151 valence electrons. The minimum Gasteiger partial charge on any atom is -0.396 e. The van der Waals surface area contributed by atoms with Crippen LogP contribution in [-0.4, -0.2) is 48.1 Å². The first-order valence-corrected chi connectivity index (χ1v) is 8.56. The molecule has 0 aromatic heterocycles. The topological polar surface area (TPSA) is 98.7 Å². The van der Waals surface area contributed by atoms with Gasteiger partial charge >= 0.3 is 0 Å². The third kappa shape index (κ3) is 11.2. The van der Waals surface area contributed by atoms with Gasteiger partial charge in [0.05, 0.1) is 0 Å². The van der Waals surface area contributed by atoms with Crippen molar-refractivity contribution in [2.75, 3.05) is 26.3 Å². The van der Waals surface area contributed by atoms with Crippen molar-refractivity contribution in [1.82, 2.24) is 10.6 Å². The Balaban J connectivity index is 0.000000483. The normalized spacial score (nSPS) is 17.6. The summed E-state index contributed by atoms with van der Waals surface area (Å²) in [6.45, 7) is 1.70. The Hall–Kier alpha value is -2.18. The smallest absolute Gasteiger partial charge is 0.187 e. The van der Waals surface area contributed by atoms with Crippen molar-refractivity contribution in [1.29, 1.82) is 0 Å². The molecule has 2 aliphatic carbocycles. The van der Waals surface area contributed by atoms with E-state index in [-0.39, 0.29) is 41.8 Å². The first-order chi connectivity index (χ1) is 12.7. The maximum absolute atomic E-state index is 11.2. The van der Waals surface area contributed by atoms with Crippen molar-refractivity contribution < 1.29 is 36.9 Å². The number of ketones is 2. The maximum Gasteiger partial charge on any atom is 0.187 e. The summed E-state index contributed by atoms with van der Waals surface area (Å²) in [7, 11) is 0. The molecule has 0 unspecified atom stereocenters. The van der Waals surface area contributed by atoms with E-state index in [4.69, 9.17) is 10.2 Å². The molecule has 4 N–H and O–H groups in total. The van der Waals surface area contributed by atoms with Gasteiger partial charge in [-0.1, -0.05) is 24.3 Å². The van der Waals surface area contributed by atoms with Crippen LogP contribution in [0.1, 0.15) is 12.8 Å². The molecular weight excluding hydrogens is 396 g/mol. The van der Waals surface area contributed by atoms with Gasteiger partial charge in [0.15, 0.2) is 11.6 Å². The van der Waals surface area contributed by atoms with Gasteiger partial charge in [-0.2, -0.15) is 0 Å². The molecule has 0 saturated carbocycles. The zero-order valence-electron chi connectivity index (χ0n) is 15.0. The van der Waals surface area contributed by atoms with Crippen molar-refractivity contribution >= 4 is 11.6 Å². The molecule has 2 rings (SSSR count). The fourth-order valence-corrected chi connectivity index (χ4v) is 1.93. The number of aliphatic hydroxyl groups excluding tert-OH is 2. The van der Waals surface area contributed by atoms with E-state index < -0.39 is 0 Å². The van der Waals surface area contributed by atoms with Crippen LogP contribution in [0.5, 0.6) is 0 Å². The molecule has 2 aliphatic rings. The minimum absolute atomic E-state index is 0. The maximum atomic E-state index is 11.2. The fourth-order valence-electron chi connectivity index (χ4n) is 1.93. The molecule has 27 heavy (non-hydrogen) atoms. The number of rotatable bonds is 8. The summed E-state index contributed by atoms with van der Waals surface area (Å²) in [5, 5.41) is 22.9. The monoisotopic (exact) mass is 421 g/mol. The Labute approximate surface area is 170 Å². The number of aliphatic hydroxyl groups is 2. The quantitative estimate of drug-likeness (QED) is 0.266. The predicted molar refractivity (Wildman–Crippen MR) is 102 cm³/mol. The van der Waals surface area contributed by atoms with Crippen LogP contribution in [0.15, 0.2) is 72.2 Å². The number of carbonyl (C=O) groups excluding carboxylic acids is 2. The van der Waals surface area contributed by atoms with Crippen LogP contribution in [0, 0.1) is 0 Å².